The summed E-state index contributed by atoms with van der Waals surface area (Å²) in [5.41, 5.74) is 1.11. The predicted molar refractivity (Wildman–Crippen MR) is 77.1 cm³/mol. The van der Waals surface area contributed by atoms with Gasteiger partial charge in [-0.2, -0.15) is 4.98 Å². The number of aromatic nitrogens is 2. The van der Waals surface area contributed by atoms with Crippen molar-refractivity contribution in [3.05, 3.63) is 35.7 Å². The van der Waals surface area contributed by atoms with Crippen LogP contribution in [0, 0.1) is 0 Å². The van der Waals surface area contributed by atoms with E-state index in [0.717, 1.165) is 0 Å². The van der Waals surface area contributed by atoms with Crippen LogP contribution in [0.5, 0.6) is 0 Å². The molecule has 1 aromatic carbocycles. The lowest BCUT2D eigenvalue weighted by Gasteiger charge is -2.00. The first kappa shape index (κ1) is 14.7. The standard InChI is InChI=1S/C14H14N2O5S/c1-20-14(17)10-4-2-9(3-5-10)12-15-13(21-16-12)11-6-7-22(18,19)8-11/h2-5,11H,6-8H2,1H3/t11-/m1/s1. The zero-order valence-corrected chi connectivity index (χ0v) is 12.7. The summed E-state index contributed by atoms with van der Waals surface area (Å²) in [6.07, 6.45) is 0.505. The molecule has 2 aromatic rings. The number of nitrogens with zero attached hydrogens (tertiary/aromatic N) is 2. The van der Waals surface area contributed by atoms with Gasteiger partial charge in [0.2, 0.25) is 11.7 Å². The molecule has 0 radical (unpaired) electrons. The molecule has 8 heteroatoms. The van der Waals surface area contributed by atoms with E-state index >= 15 is 0 Å². The Morgan fingerprint density at radius 2 is 2.05 bits per heavy atom. The smallest absolute Gasteiger partial charge is 0.337 e. The summed E-state index contributed by atoms with van der Waals surface area (Å²) in [4.78, 5) is 15.6. The third-order valence-electron chi connectivity index (χ3n) is 3.59. The summed E-state index contributed by atoms with van der Waals surface area (Å²) in [5, 5.41) is 3.88. The summed E-state index contributed by atoms with van der Waals surface area (Å²) >= 11 is 0. The van der Waals surface area contributed by atoms with Crippen LogP contribution in [0.2, 0.25) is 0 Å². The van der Waals surface area contributed by atoms with Crippen molar-refractivity contribution in [1.29, 1.82) is 0 Å². The number of hydrogen-bond donors (Lipinski definition) is 0. The van der Waals surface area contributed by atoms with Gasteiger partial charge in [0, 0.05) is 5.56 Å². The second kappa shape index (κ2) is 5.53. The zero-order chi connectivity index (χ0) is 15.7. The maximum Gasteiger partial charge on any atom is 0.337 e. The molecule has 0 bridgehead atoms. The third kappa shape index (κ3) is 2.87. The quantitative estimate of drug-likeness (QED) is 0.788. The van der Waals surface area contributed by atoms with E-state index in [1.165, 1.54) is 7.11 Å². The Balaban J connectivity index is 1.80. The monoisotopic (exact) mass is 322 g/mol. The lowest BCUT2D eigenvalue weighted by molar-refractivity contribution is 0.0600. The molecule has 22 heavy (non-hydrogen) atoms. The second-order valence-electron chi connectivity index (χ2n) is 5.13. The maximum atomic E-state index is 11.5. The summed E-state index contributed by atoms with van der Waals surface area (Å²) in [6.45, 7) is 0. The van der Waals surface area contributed by atoms with Crippen LogP contribution in [0.25, 0.3) is 11.4 Å². The number of esters is 1. The van der Waals surface area contributed by atoms with Gasteiger partial charge in [-0.05, 0) is 18.6 Å². The Morgan fingerprint density at radius 1 is 1.32 bits per heavy atom. The van der Waals surface area contributed by atoms with Gasteiger partial charge in [-0.3, -0.25) is 0 Å². The highest BCUT2D eigenvalue weighted by Crippen LogP contribution is 2.29. The third-order valence-corrected chi connectivity index (χ3v) is 5.36. The van der Waals surface area contributed by atoms with Crippen LogP contribution in [-0.2, 0) is 14.6 Å². The number of carbonyl (C=O) groups excluding carboxylic acids is 1. The molecule has 0 spiro atoms. The van der Waals surface area contributed by atoms with E-state index in [2.05, 4.69) is 14.9 Å². The summed E-state index contributed by atoms with van der Waals surface area (Å²) in [6, 6.07) is 6.59. The lowest BCUT2D eigenvalue weighted by atomic mass is 10.1. The highest BCUT2D eigenvalue weighted by atomic mass is 32.2. The number of carbonyl (C=O) groups is 1. The fraction of sp³-hybridized carbons (Fsp3) is 0.357. The van der Waals surface area contributed by atoms with Crippen molar-refractivity contribution in [3.63, 3.8) is 0 Å². The van der Waals surface area contributed by atoms with Crippen LogP contribution in [0.3, 0.4) is 0 Å². The van der Waals surface area contributed by atoms with Crippen molar-refractivity contribution in [2.24, 2.45) is 0 Å². The van der Waals surface area contributed by atoms with Crippen molar-refractivity contribution in [2.75, 3.05) is 18.6 Å². The van der Waals surface area contributed by atoms with Crippen molar-refractivity contribution in [1.82, 2.24) is 10.1 Å². The Morgan fingerprint density at radius 3 is 2.64 bits per heavy atom. The number of sulfone groups is 1. The number of methoxy groups -OCH3 is 1. The van der Waals surface area contributed by atoms with Gasteiger partial charge in [-0.15, -0.1) is 0 Å². The Labute approximate surface area is 127 Å². The van der Waals surface area contributed by atoms with Gasteiger partial charge in [0.15, 0.2) is 9.84 Å². The minimum atomic E-state index is -3.00. The van der Waals surface area contributed by atoms with E-state index in [0.29, 0.717) is 29.3 Å². The number of hydrogen-bond acceptors (Lipinski definition) is 7. The molecule has 0 N–H and O–H groups in total. The van der Waals surface area contributed by atoms with E-state index < -0.39 is 15.8 Å². The number of ether oxygens (including phenoxy) is 1. The van der Waals surface area contributed by atoms with Gasteiger partial charge in [-0.25, -0.2) is 13.2 Å². The van der Waals surface area contributed by atoms with Crippen LogP contribution < -0.4 is 0 Å². The minimum absolute atomic E-state index is 0.0515. The van der Waals surface area contributed by atoms with Gasteiger partial charge in [0.05, 0.1) is 30.1 Å². The van der Waals surface area contributed by atoms with Crippen LogP contribution in [0.1, 0.15) is 28.6 Å². The molecule has 1 fully saturated rings. The fourth-order valence-electron chi connectivity index (χ4n) is 2.38. The van der Waals surface area contributed by atoms with Crippen LogP contribution in [-0.4, -0.2) is 43.1 Å². The van der Waals surface area contributed by atoms with Crippen molar-refractivity contribution in [2.45, 2.75) is 12.3 Å². The molecular formula is C14H14N2O5S. The molecule has 0 saturated carbocycles. The first-order chi connectivity index (χ1) is 10.5. The molecule has 1 atom stereocenters. The molecule has 0 aliphatic carbocycles. The first-order valence-corrected chi connectivity index (χ1v) is 8.53. The maximum absolute atomic E-state index is 11.5. The van der Waals surface area contributed by atoms with Crippen LogP contribution in [0.15, 0.2) is 28.8 Å². The van der Waals surface area contributed by atoms with Crippen molar-refractivity contribution < 1.29 is 22.5 Å². The largest absolute Gasteiger partial charge is 0.465 e. The molecular weight excluding hydrogens is 308 g/mol. The highest BCUT2D eigenvalue weighted by molar-refractivity contribution is 7.91. The number of rotatable bonds is 3. The predicted octanol–water partition coefficient (Wildman–Crippen LogP) is 1.43. The molecule has 0 unspecified atom stereocenters. The average Bonchev–Trinajstić information content (AvgIpc) is 3.13. The lowest BCUT2D eigenvalue weighted by Crippen LogP contribution is -2.04. The van der Waals surface area contributed by atoms with E-state index in [1.807, 2.05) is 0 Å². The van der Waals surface area contributed by atoms with Crippen LogP contribution >= 0.6 is 0 Å². The van der Waals surface area contributed by atoms with Gasteiger partial charge in [0.1, 0.15) is 0 Å². The van der Waals surface area contributed by atoms with Gasteiger partial charge < -0.3 is 9.26 Å². The van der Waals surface area contributed by atoms with Gasteiger partial charge in [-0.1, -0.05) is 17.3 Å². The Hall–Kier alpha value is -2.22. The SMILES string of the molecule is COC(=O)c1ccc(-c2noc([C@@H]3CCS(=O)(=O)C3)n2)cc1. The highest BCUT2D eigenvalue weighted by Gasteiger charge is 2.33. The molecule has 1 aliphatic heterocycles. The van der Waals surface area contributed by atoms with Crippen LogP contribution in [0.4, 0.5) is 0 Å². The molecule has 0 amide bonds. The molecule has 1 aliphatic rings. The normalized spacial score (nSPS) is 20.0. The molecule has 3 rings (SSSR count). The van der Waals surface area contributed by atoms with E-state index in [9.17, 15) is 13.2 Å². The average molecular weight is 322 g/mol. The summed E-state index contributed by atoms with van der Waals surface area (Å²) in [5.74, 6) is 0.264. The molecule has 1 saturated heterocycles. The van der Waals surface area contributed by atoms with E-state index in [1.54, 1.807) is 24.3 Å². The van der Waals surface area contributed by atoms with Gasteiger partial charge >= 0.3 is 5.97 Å². The summed E-state index contributed by atoms with van der Waals surface area (Å²) in [7, 11) is -1.68. The van der Waals surface area contributed by atoms with Gasteiger partial charge in [0.25, 0.3) is 0 Å². The topological polar surface area (TPSA) is 99.4 Å². The molecule has 116 valence electrons. The zero-order valence-electron chi connectivity index (χ0n) is 11.9. The van der Waals surface area contributed by atoms with Crippen molar-refractivity contribution >= 4 is 15.8 Å². The van der Waals surface area contributed by atoms with E-state index in [4.69, 9.17) is 4.52 Å². The van der Waals surface area contributed by atoms with Crippen molar-refractivity contribution in [3.8, 4) is 11.4 Å². The molecule has 7 nitrogen and oxygen atoms in total. The molecule has 1 aromatic heterocycles. The summed E-state index contributed by atoms with van der Waals surface area (Å²) < 4.78 is 32.8. The minimum Gasteiger partial charge on any atom is -0.465 e. The first-order valence-electron chi connectivity index (χ1n) is 6.71. The molecule has 2 heterocycles. The van der Waals surface area contributed by atoms with E-state index in [-0.39, 0.29) is 17.4 Å². The number of benzene rings is 1. The Kier molecular flexibility index (Phi) is 3.69. The second-order valence-corrected chi connectivity index (χ2v) is 7.35. The Bertz CT molecular complexity index is 795. The fourth-order valence-corrected chi connectivity index (χ4v) is 4.11.